The number of hydrogen-bond donors (Lipinski definition) is 0. The first-order chi connectivity index (χ1) is 11.2. The molecule has 0 bridgehead atoms. The van der Waals surface area contributed by atoms with Crippen molar-refractivity contribution in [2.45, 2.75) is 38.8 Å². The smallest absolute Gasteiger partial charge is 0.208 e. The van der Waals surface area contributed by atoms with Crippen molar-refractivity contribution in [3.63, 3.8) is 0 Å². The summed E-state index contributed by atoms with van der Waals surface area (Å²) >= 11 is 0. The molecular weight excluding hydrogens is 286 g/mol. The van der Waals surface area contributed by atoms with E-state index in [0.717, 1.165) is 24.7 Å². The third-order valence-corrected chi connectivity index (χ3v) is 4.71. The van der Waals surface area contributed by atoms with Gasteiger partial charge in [-0.2, -0.15) is 0 Å². The van der Waals surface area contributed by atoms with Crippen molar-refractivity contribution in [3.05, 3.63) is 53.7 Å². The van der Waals surface area contributed by atoms with Crippen molar-refractivity contribution < 1.29 is 4.42 Å². The largest absolute Gasteiger partial charge is 0.445 e. The molecule has 0 amide bonds. The zero-order chi connectivity index (χ0) is 16.1. The van der Waals surface area contributed by atoms with Crippen LogP contribution in [0.1, 0.15) is 30.1 Å². The van der Waals surface area contributed by atoms with Gasteiger partial charge in [0.25, 0.3) is 0 Å². The van der Waals surface area contributed by atoms with E-state index >= 15 is 0 Å². The van der Waals surface area contributed by atoms with E-state index < -0.39 is 0 Å². The van der Waals surface area contributed by atoms with E-state index in [4.69, 9.17) is 4.42 Å². The van der Waals surface area contributed by atoms with Crippen molar-refractivity contribution >= 4 is 0 Å². The number of oxazole rings is 1. The molecule has 1 fully saturated rings. The summed E-state index contributed by atoms with van der Waals surface area (Å²) in [6.07, 6.45) is 5.45. The molecule has 2 aromatic rings. The molecule has 1 saturated heterocycles. The second kappa shape index (κ2) is 7.75. The van der Waals surface area contributed by atoms with Crippen LogP contribution in [-0.2, 0) is 13.0 Å². The number of likely N-dealkylation sites (tertiary alicyclic amines) is 1. The zero-order valence-electron chi connectivity index (χ0n) is 14.2. The van der Waals surface area contributed by atoms with Gasteiger partial charge in [-0.25, -0.2) is 4.98 Å². The molecule has 0 N–H and O–H groups in total. The summed E-state index contributed by atoms with van der Waals surface area (Å²) in [6, 6.07) is 11.4. The first-order valence-corrected chi connectivity index (χ1v) is 8.58. The Kier molecular flexibility index (Phi) is 5.47. The van der Waals surface area contributed by atoms with Gasteiger partial charge in [0.15, 0.2) is 0 Å². The van der Waals surface area contributed by atoms with Crippen molar-refractivity contribution in [2.75, 3.05) is 26.7 Å². The molecule has 0 spiro atoms. The molecule has 4 heteroatoms. The van der Waals surface area contributed by atoms with Crippen LogP contribution in [0.4, 0.5) is 0 Å². The van der Waals surface area contributed by atoms with Crippen LogP contribution in [0.2, 0.25) is 0 Å². The summed E-state index contributed by atoms with van der Waals surface area (Å²) in [5.41, 5.74) is 1.44. The van der Waals surface area contributed by atoms with Crippen LogP contribution in [0.25, 0.3) is 0 Å². The molecule has 3 rings (SSSR count). The molecule has 1 aliphatic heterocycles. The van der Waals surface area contributed by atoms with E-state index in [1.807, 2.05) is 6.92 Å². The van der Waals surface area contributed by atoms with Crippen molar-refractivity contribution in [3.8, 4) is 0 Å². The number of benzene rings is 1. The van der Waals surface area contributed by atoms with Crippen LogP contribution >= 0.6 is 0 Å². The maximum absolute atomic E-state index is 5.59. The van der Waals surface area contributed by atoms with Gasteiger partial charge < -0.3 is 9.32 Å². The van der Waals surface area contributed by atoms with E-state index in [2.05, 4.69) is 52.2 Å². The fraction of sp³-hybridized carbons (Fsp3) is 0.526. The van der Waals surface area contributed by atoms with Gasteiger partial charge in [0.05, 0.1) is 12.7 Å². The summed E-state index contributed by atoms with van der Waals surface area (Å²) in [6.45, 7) is 6.30. The van der Waals surface area contributed by atoms with Gasteiger partial charge in [-0.3, -0.25) is 4.90 Å². The topological polar surface area (TPSA) is 32.5 Å². The Labute approximate surface area is 139 Å². The number of nitrogens with zero attached hydrogens (tertiary/aromatic N) is 3. The zero-order valence-corrected chi connectivity index (χ0v) is 14.2. The molecule has 1 atom stereocenters. The Morgan fingerprint density at radius 2 is 2.13 bits per heavy atom. The van der Waals surface area contributed by atoms with Crippen molar-refractivity contribution in [1.29, 1.82) is 0 Å². The lowest BCUT2D eigenvalue weighted by Crippen LogP contribution is -2.34. The third kappa shape index (κ3) is 4.66. The Morgan fingerprint density at radius 1 is 1.30 bits per heavy atom. The molecule has 124 valence electrons. The minimum absolute atomic E-state index is 0.610. The number of hydrogen-bond acceptors (Lipinski definition) is 4. The Morgan fingerprint density at radius 3 is 2.87 bits per heavy atom. The summed E-state index contributed by atoms with van der Waals surface area (Å²) in [5, 5.41) is 0. The highest BCUT2D eigenvalue weighted by Crippen LogP contribution is 2.17. The van der Waals surface area contributed by atoms with E-state index in [1.54, 1.807) is 6.20 Å². The highest BCUT2D eigenvalue weighted by atomic mass is 16.4. The molecule has 0 saturated carbocycles. The number of aryl methyl sites for hydroxylation is 2. The van der Waals surface area contributed by atoms with Gasteiger partial charge in [0.2, 0.25) is 5.89 Å². The van der Waals surface area contributed by atoms with Crippen LogP contribution < -0.4 is 0 Å². The fourth-order valence-corrected chi connectivity index (χ4v) is 3.34. The Balaban J connectivity index is 1.39. The molecular formula is C19H27N3O. The van der Waals surface area contributed by atoms with Gasteiger partial charge in [0, 0.05) is 12.6 Å². The monoisotopic (exact) mass is 313 g/mol. The van der Waals surface area contributed by atoms with Crippen LogP contribution in [0.3, 0.4) is 0 Å². The lowest BCUT2D eigenvalue weighted by molar-refractivity contribution is 0.205. The van der Waals surface area contributed by atoms with Crippen LogP contribution in [0.5, 0.6) is 0 Å². The number of rotatable bonds is 7. The number of aromatic nitrogens is 1. The van der Waals surface area contributed by atoms with E-state index in [9.17, 15) is 0 Å². The number of likely N-dealkylation sites (N-methyl/N-ethyl adjacent to an activating group) is 1. The Hall–Kier alpha value is -1.65. The molecule has 0 aliphatic carbocycles. The average molecular weight is 313 g/mol. The van der Waals surface area contributed by atoms with Crippen molar-refractivity contribution in [2.24, 2.45) is 0 Å². The molecule has 0 radical (unpaired) electrons. The minimum Gasteiger partial charge on any atom is -0.445 e. The van der Waals surface area contributed by atoms with Gasteiger partial charge in [-0.1, -0.05) is 30.3 Å². The fourth-order valence-electron chi connectivity index (χ4n) is 3.34. The lowest BCUT2D eigenvalue weighted by atomic mass is 10.1. The van der Waals surface area contributed by atoms with Gasteiger partial charge >= 0.3 is 0 Å². The lowest BCUT2D eigenvalue weighted by Gasteiger charge is -2.23. The maximum Gasteiger partial charge on any atom is 0.208 e. The summed E-state index contributed by atoms with van der Waals surface area (Å²) in [5.74, 6) is 1.72. The predicted octanol–water partition coefficient (Wildman–Crippen LogP) is 3.12. The van der Waals surface area contributed by atoms with E-state index in [1.165, 1.54) is 37.9 Å². The molecule has 4 nitrogen and oxygen atoms in total. The highest BCUT2D eigenvalue weighted by Gasteiger charge is 2.25. The van der Waals surface area contributed by atoms with Gasteiger partial charge in [-0.05, 0) is 51.9 Å². The second-order valence-corrected chi connectivity index (χ2v) is 6.61. The summed E-state index contributed by atoms with van der Waals surface area (Å²) < 4.78 is 5.59. The molecule has 23 heavy (non-hydrogen) atoms. The summed E-state index contributed by atoms with van der Waals surface area (Å²) in [4.78, 5) is 9.27. The van der Waals surface area contributed by atoms with Crippen LogP contribution in [0.15, 0.2) is 40.9 Å². The predicted molar refractivity (Wildman–Crippen MR) is 92.3 cm³/mol. The molecule has 0 unspecified atom stereocenters. The quantitative estimate of drug-likeness (QED) is 0.786. The van der Waals surface area contributed by atoms with Crippen LogP contribution in [-0.4, -0.2) is 47.5 Å². The molecule has 1 aliphatic rings. The van der Waals surface area contributed by atoms with Crippen molar-refractivity contribution in [1.82, 2.24) is 14.8 Å². The maximum atomic E-state index is 5.59. The SMILES string of the molecule is Cc1cnc(CN(C)[C@@H]2CCN(CCCc3ccccc3)C2)o1. The van der Waals surface area contributed by atoms with E-state index in [0.29, 0.717) is 6.04 Å². The van der Waals surface area contributed by atoms with Crippen LogP contribution in [0, 0.1) is 6.92 Å². The third-order valence-electron chi connectivity index (χ3n) is 4.71. The molecule has 1 aromatic heterocycles. The summed E-state index contributed by atoms with van der Waals surface area (Å²) in [7, 11) is 2.18. The van der Waals surface area contributed by atoms with E-state index in [-0.39, 0.29) is 0 Å². The minimum atomic E-state index is 0.610. The molecule has 2 heterocycles. The normalized spacial score (nSPS) is 18.8. The first kappa shape index (κ1) is 16.2. The Bertz CT molecular complexity index is 596. The molecule has 1 aromatic carbocycles. The highest BCUT2D eigenvalue weighted by molar-refractivity contribution is 5.14. The first-order valence-electron chi connectivity index (χ1n) is 8.58. The average Bonchev–Trinajstić information content (AvgIpc) is 3.18. The second-order valence-electron chi connectivity index (χ2n) is 6.61. The van der Waals surface area contributed by atoms with Gasteiger partial charge in [-0.15, -0.1) is 0 Å². The standard InChI is InChI=1S/C19H27N3O/c1-16-13-20-19(23-16)15-21(2)18-10-12-22(14-18)11-6-9-17-7-4-3-5-8-17/h3-5,7-8,13,18H,6,9-12,14-15H2,1-2H3/t18-/m1/s1. The van der Waals surface area contributed by atoms with Gasteiger partial charge in [0.1, 0.15) is 5.76 Å².